The Morgan fingerprint density at radius 2 is 1.77 bits per heavy atom. The maximum absolute atomic E-state index is 5.75. The fourth-order valence-corrected chi connectivity index (χ4v) is 1.31. The Morgan fingerprint density at radius 3 is 2.15 bits per heavy atom. The van der Waals surface area contributed by atoms with Gasteiger partial charge in [-0.2, -0.15) is 0 Å². The number of rotatable bonds is 1. The maximum atomic E-state index is 5.75. The summed E-state index contributed by atoms with van der Waals surface area (Å²) in [6, 6.07) is 5.86. The first kappa shape index (κ1) is 15.4. The zero-order valence-electron chi connectivity index (χ0n) is 7.45. The van der Waals surface area contributed by atoms with Crippen molar-refractivity contribution in [1.29, 1.82) is 0 Å². The molecule has 5 heteroatoms. The van der Waals surface area contributed by atoms with Crippen LogP contribution < -0.4 is 10.6 Å². The minimum Gasteiger partial charge on any atom is -0.397 e. The fraction of sp³-hybridized carbons (Fsp3) is 0.250. The normalized spacial score (nSPS) is 8.23. The maximum Gasteiger partial charge on any atom is 0.0595 e. The van der Waals surface area contributed by atoms with Crippen LogP contribution >= 0.6 is 40.7 Å². The standard InChI is InChI=1S/C8H11BrN2.2ClH/c1-11(2)8-4-3-6(9)5-7(8)10;;/h3-5H,10H2,1-2H3;2*1H. The van der Waals surface area contributed by atoms with Gasteiger partial charge in [0.15, 0.2) is 0 Å². The van der Waals surface area contributed by atoms with Crippen LogP contribution in [-0.2, 0) is 0 Å². The molecule has 76 valence electrons. The molecule has 0 aliphatic rings. The molecule has 0 bridgehead atoms. The molecule has 0 aliphatic carbocycles. The highest BCUT2D eigenvalue weighted by molar-refractivity contribution is 9.10. The molecule has 0 atom stereocenters. The lowest BCUT2D eigenvalue weighted by Crippen LogP contribution is -2.10. The molecule has 0 spiro atoms. The first-order valence-corrected chi connectivity index (χ1v) is 4.13. The molecule has 0 radical (unpaired) electrons. The second-order valence-corrected chi connectivity index (χ2v) is 3.51. The summed E-state index contributed by atoms with van der Waals surface area (Å²) in [5.74, 6) is 0. The fourth-order valence-electron chi connectivity index (χ4n) is 0.933. The quantitative estimate of drug-likeness (QED) is 0.805. The molecule has 2 N–H and O–H groups in total. The van der Waals surface area contributed by atoms with Gasteiger partial charge in [-0.1, -0.05) is 15.9 Å². The molecule has 0 saturated heterocycles. The van der Waals surface area contributed by atoms with Crippen LogP contribution in [0.4, 0.5) is 11.4 Å². The minimum absolute atomic E-state index is 0. The van der Waals surface area contributed by atoms with Crippen LogP contribution in [0.5, 0.6) is 0 Å². The predicted octanol–water partition coefficient (Wildman–Crippen LogP) is 2.94. The summed E-state index contributed by atoms with van der Waals surface area (Å²) in [6.45, 7) is 0. The van der Waals surface area contributed by atoms with E-state index in [0.29, 0.717) is 0 Å². The van der Waals surface area contributed by atoms with Crippen molar-refractivity contribution in [3.8, 4) is 0 Å². The van der Waals surface area contributed by atoms with Gasteiger partial charge in [-0.05, 0) is 18.2 Å². The lowest BCUT2D eigenvalue weighted by atomic mass is 10.2. The number of nitrogens with zero attached hydrogens (tertiary/aromatic N) is 1. The molecule has 0 amide bonds. The first-order chi connectivity index (χ1) is 5.11. The number of nitrogen functional groups attached to an aromatic ring is 1. The Labute approximate surface area is 99.4 Å². The highest BCUT2D eigenvalue weighted by atomic mass is 79.9. The number of nitrogens with two attached hydrogens (primary N) is 1. The van der Waals surface area contributed by atoms with Crippen LogP contribution in [0, 0.1) is 0 Å². The van der Waals surface area contributed by atoms with E-state index in [0.717, 1.165) is 15.8 Å². The summed E-state index contributed by atoms with van der Waals surface area (Å²) < 4.78 is 1.01. The van der Waals surface area contributed by atoms with E-state index < -0.39 is 0 Å². The van der Waals surface area contributed by atoms with Crippen molar-refractivity contribution in [1.82, 2.24) is 0 Å². The summed E-state index contributed by atoms with van der Waals surface area (Å²) in [6.07, 6.45) is 0. The molecule has 1 aromatic carbocycles. The Kier molecular flexibility index (Phi) is 7.50. The zero-order chi connectivity index (χ0) is 8.43. The van der Waals surface area contributed by atoms with E-state index >= 15 is 0 Å². The van der Waals surface area contributed by atoms with Gasteiger partial charge in [0.2, 0.25) is 0 Å². The molecule has 0 aromatic heterocycles. The van der Waals surface area contributed by atoms with Gasteiger partial charge < -0.3 is 10.6 Å². The second kappa shape index (κ2) is 6.35. The molecular weight excluding hydrogens is 275 g/mol. The summed E-state index contributed by atoms with van der Waals surface area (Å²) in [4.78, 5) is 1.99. The third-order valence-electron chi connectivity index (χ3n) is 1.47. The van der Waals surface area contributed by atoms with E-state index in [1.807, 2.05) is 37.2 Å². The van der Waals surface area contributed by atoms with Gasteiger partial charge in [0.25, 0.3) is 0 Å². The Balaban J connectivity index is 0. The molecule has 0 saturated carbocycles. The molecular formula is C8H13BrCl2N2. The van der Waals surface area contributed by atoms with Gasteiger partial charge in [0, 0.05) is 18.6 Å². The van der Waals surface area contributed by atoms with Crippen LogP contribution in [0.15, 0.2) is 22.7 Å². The average molecular weight is 288 g/mol. The first-order valence-electron chi connectivity index (χ1n) is 3.33. The monoisotopic (exact) mass is 286 g/mol. The van der Waals surface area contributed by atoms with E-state index in [4.69, 9.17) is 5.73 Å². The summed E-state index contributed by atoms with van der Waals surface area (Å²) in [5.41, 5.74) is 7.60. The van der Waals surface area contributed by atoms with Crippen molar-refractivity contribution in [2.75, 3.05) is 24.7 Å². The molecule has 13 heavy (non-hydrogen) atoms. The molecule has 2 nitrogen and oxygen atoms in total. The van der Waals surface area contributed by atoms with Crippen molar-refractivity contribution in [2.24, 2.45) is 0 Å². The van der Waals surface area contributed by atoms with Crippen LogP contribution in [0.25, 0.3) is 0 Å². The average Bonchev–Trinajstić information content (AvgIpc) is 1.85. The second-order valence-electron chi connectivity index (χ2n) is 2.60. The van der Waals surface area contributed by atoms with Crippen LogP contribution in [-0.4, -0.2) is 14.1 Å². The van der Waals surface area contributed by atoms with Crippen molar-refractivity contribution < 1.29 is 0 Å². The van der Waals surface area contributed by atoms with Crippen molar-refractivity contribution in [3.63, 3.8) is 0 Å². The zero-order valence-corrected chi connectivity index (χ0v) is 10.7. The molecule has 0 heterocycles. The van der Waals surface area contributed by atoms with Crippen LogP contribution in [0.2, 0.25) is 0 Å². The summed E-state index contributed by atoms with van der Waals surface area (Å²) in [7, 11) is 3.94. The number of hydrogen-bond donors (Lipinski definition) is 1. The Hall–Kier alpha value is -0.120. The van der Waals surface area contributed by atoms with E-state index in [1.54, 1.807) is 0 Å². The Bertz CT molecular complexity index is 266. The Morgan fingerprint density at radius 1 is 1.23 bits per heavy atom. The third-order valence-corrected chi connectivity index (χ3v) is 1.96. The van der Waals surface area contributed by atoms with Crippen LogP contribution in [0.1, 0.15) is 0 Å². The molecule has 0 fully saturated rings. The summed E-state index contributed by atoms with van der Waals surface area (Å²) >= 11 is 3.35. The van der Waals surface area contributed by atoms with Crippen LogP contribution in [0.3, 0.4) is 0 Å². The van der Waals surface area contributed by atoms with Gasteiger partial charge in [-0.25, -0.2) is 0 Å². The number of hydrogen-bond acceptors (Lipinski definition) is 2. The lowest BCUT2D eigenvalue weighted by Gasteiger charge is -2.14. The van der Waals surface area contributed by atoms with Crippen molar-refractivity contribution in [2.45, 2.75) is 0 Å². The van der Waals surface area contributed by atoms with E-state index in [2.05, 4.69) is 15.9 Å². The van der Waals surface area contributed by atoms with E-state index in [1.165, 1.54) is 0 Å². The topological polar surface area (TPSA) is 29.3 Å². The van der Waals surface area contributed by atoms with Gasteiger partial charge in [-0.3, -0.25) is 0 Å². The van der Waals surface area contributed by atoms with Gasteiger partial charge in [0.1, 0.15) is 0 Å². The summed E-state index contributed by atoms with van der Waals surface area (Å²) in [5, 5.41) is 0. The largest absolute Gasteiger partial charge is 0.397 e. The molecule has 0 unspecified atom stereocenters. The predicted molar refractivity (Wildman–Crippen MR) is 67.4 cm³/mol. The molecule has 1 rings (SSSR count). The highest BCUT2D eigenvalue weighted by Crippen LogP contribution is 2.24. The smallest absolute Gasteiger partial charge is 0.0595 e. The number of benzene rings is 1. The molecule has 1 aromatic rings. The van der Waals surface area contributed by atoms with E-state index in [9.17, 15) is 0 Å². The van der Waals surface area contributed by atoms with Gasteiger partial charge in [-0.15, -0.1) is 24.8 Å². The minimum atomic E-state index is 0. The highest BCUT2D eigenvalue weighted by Gasteiger charge is 1.99. The van der Waals surface area contributed by atoms with E-state index in [-0.39, 0.29) is 24.8 Å². The van der Waals surface area contributed by atoms with Crippen molar-refractivity contribution >= 4 is 52.1 Å². The third kappa shape index (κ3) is 4.07. The number of halogens is 3. The SMILES string of the molecule is CN(C)c1ccc(Br)cc1N.Cl.Cl. The lowest BCUT2D eigenvalue weighted by molar-refractivity contribution is 1.13. The van der Waals surface area contributed by atoms with Gasteiger partial charge in [0.05, 0.1) is 11.4 Å². The molecule has 0 aliphatic heterocycles. The van der Waals surface area contributed by atoms with Gasteiger partial charge >= 0.3 is 0 Å². The number of anilines is 2. The van der Waals surface area contributed by atoms with Crippen molar-refractivity contribution in [3.05, 3.63) is 22.7 Å².